The normalized spacial score (nSPS) is 18.1. The maximum atomic E-state index is 12.7. The molecule has 2 aromatic rings. The van der Waals surface area contributed by atoms with Gasteiger partial charge < -0.3 is 10.1 Å². The largest absolute Gasteiger partial charge is 0.495 e. The van der Waals surface area contributed by atoms with Crippen molar-refractivity contribution in [3.05, 3.63) is 52.5 Å². The standard InChI is InChI=1S/C20H19Cl2N3O3S/c1-3-25-18(26)11-17(19(27)23-13-6-4-12(21)5-7-13)29-20(25)24-14-8-9-16(28-2)15(22)10-14/h4-10,17H,3,11H2,1-2H3,(H,23,27). The number of nitrogens with zero attached hydrogens (tertiary/aromatic N) is 2. The molecule has 0 bridgehead atoms. The summed E-state index contributed by atoms with van der Waals surface area (Å²) in [5, 5.41) is 3.69. The Morgan fingerprint density at radius 2 is 2.00 bits per heavy atom. The van der Waals surface area contributed by atoms with Crippen molar-refractivity contribution in [1.29, 1.82) is 0 Å². The molecule has 1 fully saturated rings. The second kappa shape index (κ2) is 9.52. The third-order valence-electron chi connectivity index (χ3n) is 4.22. The number of methoxy groups -OCH3 is 1. The molecular formula is C20H19Cl2N3O3S. The number of carbonyl (C=O) groups is 2. The minimum absolute atomic E-state index is 0.0975. The Labute approximate surface area is 183 Å². The van der Waals surface area contributed by atoms with Crippen molar-refractivity contribution in [2.24, 2.45) is 4.99 Å². The molecule has 1 N–H and O–H groups in total. The number of aliphatic imine (C=N–C) groups is 1. The van der Waals surface area contributed by atoms with Crippen LogP contribution < -0.4 is 10.1 Å². The lowest BCUT2D eigenvalue weighted by Crippen LogP contribution is -2.45. The number of carbonyl (C=O) groups excluding carboxylic acids is 2. The summed E-state index contributed by atoms with van der Waals surface area (Å²) in [6.07, 6.45) is 0.0975. The average molecular weight is 452 g/mol. The molecule has 0 radical (unpaired) electrons. The second-order valence-corrected chi connectivity index (χ2v) is 8.17. The number of rotatable bonds is 5. The van der Waals surface area contributed by atoms with Gasteiger partial charge in [-0.25, -0.2) is 4.99 Å². The van der Waals surface area contributed by atoms with E-state index < -0.39 is 5.25 Å². The summed E-state index contributed by atoms with van der Waals surface area (Å²) in [5.74, 6) is 0.123. The van der Waals surface area contributed by atoms with E-state index in [-0.39, 0.29) is 18.2 Å². The molecule has 0 aliphatic carbocycles. The van der Waals surface area contributed by atoms with Gasteiger partial charge in [0.25, 0.3) is 0 Å². The molecule has 0 spiro atoms. The summed E-state index contributed by atoms with van der Waals surface area (Å²) < 4.78 is 5.15. The summed E-state index contributed by atoms with van der Waals surface area (Å²) in [6.45, 7) is 2.32. The van der Waals surface area contributed by atoms with Crippen LogP contribution in [0.15, 0.2) is 47.5 Å². The summed E-state index contributed by atoms with van der Waals surface area (Å²) in [7, 11) is 1.53. The lowest BCUT2D eigenvalue weighted by molar-refractivity contribution is -0.129. The number of thioether (sulfide) groups is 1. The Balaban J connectivity index is 1.82. The highest BCUT2D eigenvalue weighted by Crippen LogP contribution is 2.33. The van der Waals surface area contributed by atoms with Gasteiger partial charge in [0.2, 0.25) is 11.8 Å². The quantitative estimate of drug-likeness (QED) is 0.695. The van der Waals surface area contributed by atoms with Crippen LogP contribution in [0.2, 0.25) is 10.0 Å². The first-order valence-electron chi connectivity index (χ1n) is 8.87. The number of halogens is 2. The molecule has 0 saturated carbocycles. The monoisotopic (exact) mass is 451 g/mol. The van der Waals surface area contributed by atoms with Crippen molar-refractivity contribution >= 4 is 63.3 Å². The van der Waals surface area contributed by atoms with E-state index in [1.165, 1.54) is 18.9 Å². The summed E-state index contributed by atoms with van der Waals surface area (Å²) in [4.78, 5) is 31.4. The van der Waals surface area contributed by atoms with Crippen molar-refractivity contribution in [3.63, 3.8) is 0 Å². The third-order valence-corrected chi connectivity index (χ3v) is 5.96. The third kappa shape index (κ3) is 5.23. The SMILES string of the molecule is CCN1C(=O)CC(C(=O)Nc2ccc(Cl)cc2)SC1=Nc1ccc(OC)c(Cl)c1. The molecule has 1 saturated heterocycles. The molecule has 2 amide bonds. The van der Waals surface area contributed by atoms with Gasteiger partial charge in [0.15, 0.2) is 5.17 Å². The zero-order valence-corrected chi connectivity index (χ0v) is 18.1. The minimum Gasteiger partial charge on any atom is -0.495 e. The molecule has 1 aliphatic heterocycles. The molecule has 9 heteroatoms. The summed E-state index contributed by atoms with van der Waals surface area (Å²) in [5.41, 5.74) is 1.19. The molecule has 1 heterocycles. The van der Waals surface area contributed by atoms with E-state index >= 15 is 0 Å². The highest BCUT2D eigenvalue weighted by Gasteiger charge is 2.35. The van der Waals surface area contributed by atoms with E-state index in [0.717, 1.165) is 0 Å². The van der Waals surface area contributed by atoms with E-state index in [9.17, 15) is 9.59 Å². The van der Waals surface area contributed by atoms with Gasteiger partial charge in [-0.15, -0.1) is 0 Å². The van der Waals surface area contributed by atoms with E-state index in [1.54, 1.807) is 47.4 Å². The van der Waals surface area contributed by atoms with Crippen molar-refractivity contribution in [2.75, 3.05) is 19.0 Å². The van der Waals surface area contributed by atoms with E-state index in [0.29, 0.717) is 38.9 Å². The zero-order valence-electron chi connectivity index (χ0n) is 15.8. The smallest absolute Gasteiger partial charge is 0.238 e. The predicted octanol–water partition coefficient (Wildman–Crippen LogP) is 4.98. The van der Waals surface area contributed by atoms with Crippen molar-refractivity contribution < 1.29 is 14.3 Å². The molecule has 1 unspecified atom stereocenters. The lowest BCUT2D eigenvalue weighted by Gasteiger charge is -2.30. The average Bonchev–Trinajstić information content (AvgIpc) is 2.69. The highest BCUT2D eigenvalue weighted by atomic mass is 35.5. The van der Waals surface area contributed by atoms with Crippen LogP contribution in [-0.4, -0.2) is 40.8 Å². The number of anilines is 1. The van der Waals surface area contributed by atoms with Crippen LogP contribution in [0, 0.1) is 0 Å². The molecule has 3 rings (SSSR count). The highest BCUT2D eigenvalue weighted by molar-refractivity contribution is 8.15. The molecule has 6 nitrogen and oxygen atoms in total. The molecule has 2 aromatic carbocycles. The first kappa shape index (κ1) is 21.5. The van der Waals surface area contributed by atoms with Crippen molar-refractivity contribution in [1.82, 2.24) is 4.90 Å². The fraction of sp³-hybridized carbons (Fsp3) is 0.250. The Morgan fingerprint density at radius 3 is 2.62 bits per heavy atom. The number of hydrogen-bond donors (Lipinski definition) is 1. The van der Waals surface area contributed by atoms with E-state index in [2.05, 4.69) is 10.3 Å². The van der Waals surface area contributed by atoms with Crippen molar-refractivity contribution in [3.8, 4) is 5.75 Å². The predicted molar refractivity (Wildman–Crippen MR) is 119 cm³/mol. The molecule has 152 valence electrons. The maximum Gasteiger partial charge on any atom is 0.238 e. The number of hydrogen-bond acceptors (Lipinski definition) is 5. The number of amides is 2. The van der Waals surface area contributed by atoms with E-state index in [4.69, 9.17) is 27.9 Å². The van der Waals surface area contributed by atoms with Gasteiger partial charge in [0.1, 0.15) is 11.0 Å². The lowest BCUT2D eigenvalue weighted by atomic mass is 10.2. The van der Waals surface area contributed by atoms with Crippen LogP contribution in [-0.2, 0) is 9.59 Å². The van der Waals surface area contributed by atoms with Gasteiger partial charge in [0, 0.05) is 23.7 Å². The second-order valence-electron chi connectivity index (χ2n) is 6.16. The summed E-state index contributed by atoms with van der Waals surface area (Å²) >= 11 is 13.3. The maximum absolute atomic E-state index is 12.7. The van der Waals surface area contributed by atoms with Crippen molar-refractivity contribution in [2.45, 2.75) is 18.6 Å². The van der Waals surface area contributed by atoms with E-state index in [1.807, 2.05) is 6.92 Å². The van der Waals surface area contributed by atoms with Gasteiger partial charge in [-0.05, 0) is 49.4 Å². The Bertz CT molecular complexity index is 950. The topological polar surface area (TPSA) is 71.0 Å². The van der Waals surface area contributed by atoms with Gasteiger partial charge in [0.05, 0.1) is 17.8 Å². The van der Waals surface area contributed by atoms with Crippen LogP contribution in [0.3, 0.4) is 0 Å². The zero-order chi connectivity index (χ0) is 21.0. The molecule has 0 aromatic heterocycles. The van der Waals surface area contributed by atoms with Crippen LogP contribution >= 0.6 is 35.0 Å². The fourth-order valence-corrected chi connectivity index (χ4v) is 4.28. The van der Waals surface area contributed by atoms with Gasteiger partial charge in [-0.1, -0.05) is 35.0 Å². The van der Waals surface area contributed by atoms with Crippen LogP contribution in [0.4, 0.5) is 11.4 Å². The first-order valence-corrected chi connectivity index (χ1v) is 10.5. The van der Waals surface area contributed by atoms with Gasteiger partial charge >= 0.3 is 0 Å². The number of ether oxygens (including phenoxy) is 1. The molecule has 29 heavy (non-hydrogen) atoms. The number of nitrogens with one attached hydrogen (secondary N) is 1. The Hall–Kier alpha value is -2.22. The molecule has 1 aliphatic rings. The Kier molecular flexibility index (Phi) is 7.05. The van der Waals surface area contributed by atoms with Crippen LogP contribution in [0.1, 0.15) is 13.3 Å². The van der Waals surface area contributed by atoms with Gasteiger partial charge in [-0.3, -0.25) is 14.5 Å². The van der Waals surface area contributed by atoms with Crippen LogP contribution in [0.25, 0.3) is 0 Å². The fourth-order valence-electron chi connectivity index (χ4n) is 2.74. The number of amidine groups is 1. The Morgan fingerprint density at radius 1 is 1.28 bits per heavy atom. The molecular weight excluding hydrogens is 433 g/mol. The summed E-state index contributed by atoms with van der Waals surface area (Å²) in [6, 6.07) is 11.9. The molecule has 1 atom stereocenters. The van der Waals surface area contributed by atoms with Gasteiger partial charge in [-0.2, -0.15) is 0 Å². The minimum atomic E-state index is -0.589. The first-order chi connectivity index (χ1) is 13.9. The van der Waals surface area contributed by atoms with Crippen LogP contribution in [0.5, 0.6) is 5.75 Å². The number of benzene rings is 2.